The van der Waals surface area contributed by atoms with Crippen LogP contribution in [0.4, 0.5) is 24.5 Å². The maximum Gasteiger partial charge on any atom is 0.393 e. The van der Waals surface area contributed by atoms with Crippen molar-refractivity contribution in [1.29, 1.82) is 5.26 Å². The van der Waals surface area contributed by atoms with Crippen molar-refractivity contribution in [3.05, 3.63) is 71.0 Å². The number of hydrogen-bond acceptors (Lipinski definition) is 5. The Morgan fingerprint density at radius 1 is 1.26 bits per heavy atom. The van der Waals surface area contributed by atoms with Crippen molar-refractivity contribution >= 4 is 23.2 Å². The minimum atomic E-state index is -4.33. The van der Waals surface area contributed by atoms with Gasteiger partial charge in [-0.25, -0.2) is 0 Å². The molecule has 2 heterocycles. The summed E-state index contributed by atoms with van der Waals surface area (Å²) in [6, 6.07) is 11.6. The van der Waals surface area contributed by atoms with Crippen LogP contribution in [0, 0.1) is 11.3 Å². The Hall–Kier alpha value is -4.33. The Bertz CT molecular complexity index is 1330. The molecule has 0 aliphatic carbocycles. The van der Waals surface area contributed by atoms with Gasteiger partial charge in [-0.1, -0.05) is 12.1 Å². The zero-order chi connectivity index (χ0) is 25.3. The van der Waals surface area contributed by atoms with E-state index in [0.29, 0.717) is 18.0 Å². The average Bonchev–Trinajstić information content (AvgIpc) is 3.21. The van der Waals surface area contributed by atoms with E-state index in [-0.39, 0.29) is 34.1 Å². The number of ether oxygens (including phenoxy) is 1. The molecule has 0 bridgehead atoms. The van der Waals surface area contributed by atoms with Gasteiger partial charge in [-0.2, -0.15) is 23.5 Å². The highest BCUT2D eigenvalue weighted by Gasteiger charge is 2.35. The van der Waals surface area contributed by atoms with Crippen LogP contribution in [0.5, 0.6) is 5.75 Å². The maximum absolute atomic E-state index is 13.4. The average molecular weight is 483 g/mol. The van der Waals surface area contributed by atoms with Crippen LogP contribution in [-0.4, -0.2) is 40.9 Å². The number of amides is 2. The second-order valence-electron chi connectivity index (χ2n) is 8.05. The van der Waals surface area contributed by atoms with Crippen molar-refractivity contribution in [1.82, 2.24) is 9.78 Å². The van der Waals surface area contributed by atoms with Crippen LogP contribution in [0.3, 0.4) is 0 Å². The van der Waals surface area contributed by atoms with Crippen LogP contribution in [0.25, 0.3) is 0 Å². The number of aromatic nitrogens is 2. The number of benzene rings is 2. The van der Waals surface area contributed by atoms with Gasteiger partial charge in [0, 0.05) is 11.3 Å². The zero-order valence-electron chi connectivity index (χ0n) is 18.8. The molecular formula is C24H20F3N5O3. The van der Waals surface area contributed by atoms with Crippen LogP contribution in [0.2, 0.25) is 0 Å². The van der Waals surface area contributed by atoms with Gasteiger partial charge < -0.3 is 15.0 Å². The molecule has 180 valence electrons. The first kappa shape index (κ1) is 23.8. The number of anilines is 2. The van der Waals surface area contributed by atoms with E-state index in [1.165, 1.54) is 65.4 Å². The summed E-state index contributed by atoms with van der Waals surface area (Å²) in [6.07, 6.45) is -4.02. The number of rotatable bonds is 5. The summed E-state index contributed by atoms with van der Waals surface area (Å²) in [7, 11) is 1.41. The Labute approximate surface area is 198 Å². The Morgan fingerprint density at radius 3 is 2.60 bits per heavy atom. The smallest absolute Gasteiger partial charge is 0.393 e. The van der Waals surface area contributed by atoms with E-state index >= 15 is 0 Å². The fourth-order valence-electron chi connectivity index (χ4n) is 4.00. The third-order valence-electron chi connectivity index (χ3n) is 5.59. The number of carbonyl (C=O) groups is 2. The number of hydrogen-bond donors (Lipinski definition) is 1. The zero-order valence-corrected chi connectivity index (χ0v) is 18.8. The van der Waals surface area contributed by atoms with Gasteiger partial charge in [-0.3, -0.25) is 14.3 Å². The molecule has 11 heteroatoms. The van der Waals surface area contributed by atoms with Gasteiger partial charge in [-0.15, -0.1) is 0 Å². The molecule has 1 N–H and O–H groups in total. The molecule has 1 unspecified atom stereocenters. The van der Waals surface area contributed by atoms with Crippen molar-refractivity contribution in [3.63, 3.8) is 0 Å². The Morgan fingerprint density at radius 2 is 1.97 bits per heavy atom. The lowest BCUT2D eigenvalue weighted by Crippen LogP contribution is -2.47. The third kappa shape index (κ3) is 4.82. The fourth-order valence-corrected chi connectivity index (χ4v) is 4.00. The molecule has 0 fully saturated rings. The number of fused-ring (bicyclic) bond motifs is 1. The number of alkyl halides is 3. The number of nitrogens with zero attached hydrogens (tertiary/aromatic N) is 4. The molecule has 1 aliphatic heterocycles. The minimum absolute atomic E-state index is 0.0904. The van der Waals surface area contributed by atoms with E-state index in [9.17, 15) is 28.0 Å². The van der Waals surface area contributed by atoms with Gasteiger partial charge in [0.25, 0.3) is 11.8 Å². The molecule has 2 aromatic carbocycles. The van der Waals surface area contributed by atoms with E-state index < -0.39 is 24.4 Å². The van der Waals surface area contributed by atoms with Gasteiger partial charge in [-0.05, 0) is 42.8 Å². The summed E-state index contributed by atoms with van der Waals surface area (Å²) in [4.78, 5) is 27.7. The summed E-state index contributed by atoms with van der Waals surface area (Å²) >= 11 is 0. The van der Waals surface area contributed by atoms with Gasteiger partial charge >= 0.3 is 6.18 Å². The number of nitrogens with one attached hydrogen (secondary N) is 1. The molecule has 2 amide bonds. The second-order valence-corrected chi connectivity index (χ2v) is 8.05. The van der Waals surface area contributed by atoms with Gasteiger partial charge in [0.1, 0.15) is 17.5 Å². The SMILES string of the molecule is COc1ccc(C(=O)Nc2cnn3c2C(=O)N(c2ccc(CC(F)(F)F)cc2)C(C)C3)cc1C#N. The lowest BCUT2D eigenvalue weighted by Gasteiger charge is -2.34. The molecule has 8 nitrogen and oxygen atoms in total. The van der Waals surface area contributed by atoms with E-state index in [1.807, 2.05) is 6.07 Å². The number of halogens is 3. The monoisotopic (exact) mass is 483 g/mol. The number of methoxy groups -OCH3 is 1. The predicted molar refractivity (Wildman–Crippen MR) is 120 cm³/mol. The number of carbonyl (C=O) groups excluding carboxylic acids is 2. The van der Waals surface area contributed by atoms with Crippen molar-refractivity contribution in [2.75, 3.05) is 17.3 Å². The van der Waals surface area contributed by atoms with Crippen molar-refractivity contribution < 1.29 is 27.5 Å². The first-order chi connectivity index (χ1) is 16.6. The molecule has 1 aromatic heterocycles. The van der Waals surface area contributed by atoms with Crippen LogP contribution in [0.1, 0.15) is 38.9 Å². The van der Waals surface area contributed by atoms with Crippen LogP contribution in [-0.2, 0) is 13.0 Å². The quantitative estimate of drug-likeness (QED) is 0.587. The standard InChI is InChI=1S/C24H20F3N5O3/c1-14-13-31-21(23(34)32(14)18-6-3-15(4-7-18)10-24(25,26)27)19(12-29-31)30-22(33)16-5-8-20(35-2)17(9-16)11-28/h3-9,12,14H,10,13H2,1-2H3,(H,30,33). The Kier molecular flexibility index (Phi) is 6.22. The summed E-state index contributed by atoms with van der Waals surface area (Å²) in [5.41, 5.74) is 1.22. The topological polar surface area (TPSA) is 100 Å². The molecule has 0 radical (unpaired) electrons. The lowest BCUT2D eigenvalue weighted by molar-refractivity contribution is -0.127. The largest absolute Gasteiger partial charge is 0.495 e. The van der Waals surface area contributed by atoms with Crippen molar-refractivity contribution in [3.8, 4) is 11.8 Å². The molecule has 3 aromatic rings. The highest BCUT2D eigenvalue weighted by molar-refractivity contribution is 6.13. The highest BCUT2D eigenvalue weighted by Crippen LogP contribution is 2.30. The van der Waals surface area contributed by atoms with Crippen LogP contribution < -0.4 is 15.0 Å². The van der Waals surface area contributed by atoms with Gasteiger partial charge in [0.15, 0.2) is 0 Å². The summed E-state index contributed by atoms with van der Waals surface area (Å²) < 4.78 is 44.6. The summed E-state index contributed by atoms with van der Waals surface area (Å²) in [6.45, 7) is 2.12. The molecule has 1 aliphatic rings. The first-order valence-corrected chi connectivity index (χ1v) is 10.6. The van der Waals surface area contributed by atoms with Crippen LogP contribution >= 0.6 is 0 Å². The van der Waals surface area contributed by atoms with E-state index in [4.69, 9.17) is 4.74 Å². The molecule has 4 rings (SSSR count). The van der Waals surface area contributed by atoms with Crippen molar-refractivity contribution in [2.24, 2.45) is 0 Å². The van der Waals surface area contributed by atoms with E-state index in [0.717, 1.165) is 0 Å². The molecular weight excluding hydrogens is 463 g/mol. The van der Waals surface area contributed by atoms with E-state index in [1.54, 1.807) is 6.92 Å². The minimum Gasteiger partial charge on any atom is -0.495 e. The molecule has 1 atom stereocenters. The second kappa shape index (κ2) is 9.13. The summed E-state index contributed by atoms with van der Waals surface area (Å²) in [5.74, 6) is -0.671. The van der Waals surface area contributed by atoms with Gasteiger partial charge in [0.05, 0.1) is 43.6 Å². The van der Waals surface area contributed by atoms with Crippen molar-refractivity contribution in [2.45, 2.75) is 32.1 Å². The third-order valence-corrected chi connectivity index (χ3v) is 5.59. The molecule has 35 heavy (non-hydrogen) atoms. The molecule has 0 spiro atoms. The Balaban J connectivity index is 1.59. The lowest BCUT2D eigenvalue weighted by atomic mass is 10.1. The van der Waals surface area contributed by atoms with Crippen LogP contribution in [0.15, 0.2) is 48.7 Å². The fraction of sp³-hybridized carbons (Fsp3) is 0.250. The normalized spacial score (nSPS) is 15.4. The highest BCUT2D eigenvalue weighted by atomic mass is 19.4. The predicted octanol–water partition coefficient (Wildman–Crippen LogP) is 4.17. The summed E-state index contributed by atoms with van der Waals surface area (Å²) in [5, 5.41) is 16.1. The van der Waals surface area contributed by atoms with E-state index in [2.05, 4.69) is 10.4 Å². The molecule has 0 saturated heterocycles. The van der Waals surface area contributed by atoms with Gasteiger partial charge in [0.2, 0.25) is 0 Å². The molecule has 0 saturated carbocycles. The maximum atomic E-state index is 13.4. The first-order valence-electron chi connectivity index (χ1n) is 10.6. The number of nitriles is 1.